The molecule has 1 heterocycles. The fraction of sp³-hybridized carbons (Fsp3) is 1.00. The van der Waals surface area contributed by atoms with E-state index in [2.05, 4.69) is 17.1 Å². The number of rotatable bonds is 5. The van der Waals surface area contributed by atoms with Gasteiger partial charge in [-0.3, -0.25) is 4.90 Å². The molecule has 3 nitrogen and oxygen atoms in total. The first-order chi connectivity index (χ1) is 7.35. The normalized spacial score (nSPS) is 33.2. The summed E-state index contributed by atoms with van der Waals surface area (Å²) in [7, 11) is 1.80. The second kappa shape index (κ2) is 5.28. The Bertz CT molecular complexity index is 194. The van der Waals surface area contributed by atoms with Crippen molar-refractivity contribution in [2.45, 2.75) is 38.3 Å². The number of nitrogens with one attached hydrogen (secondary N) is 1. The van der Waals surface area contributed by atoms with Crippen molar-refractivity contribution >= 4 is 0 Å². The molecule has 88 valence electrons. The third-order valence-corrected chi connectivity index (χ3v) is 3.78. The summed E-state index contributed by atoms with van der Waals surface area (Å²) in [6.07, 6.45) is 4.11. The maximum Gasteiger partial charge on any atom is 0.0589 e. The molecule has 1 N–H and O–H groups in total. The summed E-state index contributed by atoms with van der Waals surface area (Å²) >= 11 is 0. The lowest BCUT2D eigenvalue weighted by Gasteiger charge is -2.40. The predicted molar refractivity (Wildman–Crippen MR) is 62.0 cm³/mol. The Morgan fingerprint density at radius 3 is 2.80 bits per heavy atom. The number of ether oxygens (including phenoxy) is 1. The van der Waals surface area contributed by atoms with Crippen molar-refractivity contribution in [1.29, 1.82) is 0 Å². The van der Waals surface area contributed by atoms with E-state index in [0.717, 1.165) is 25.1 Å². The third kappa shape index (κ3) is 2.92. The van der Waals surface area contributed by atoms with Crippen molar-refractivity contribution in [1.82, 2.24) is 10.2 Å². The summed E-state index contributed by atoms with van der Waals surface area (Å²) in [6.45, 7) is 6.65. The van der Waals surface area contributed by atoms with Crippen LogP contribution in [0, 0.1) is 5.92 Å². The molecule has 2 unspecified atom stereocenters. The van der Waals surface area contributed by atoms with Gasteiger partial charge in [0.05, 0.1) is 6.61 Å². The monoisotopic (exact) mass is 212 g/mol. The second-order valence-electron chi connectivity index (χ2n) is 4.91. The highest BCUT2D eigenvalue weighted by Crippen LogP contribution is 2.36. The maximum atomic E-state index is 5.20. The van der Waals surface area contributed by atoms with Crippen molar-refractivity contribution in [3.8, 4) is 0 Å². The molecule has 1 aliphatic heterocycles. The first-order valence-electron chi connectivity index (χ1n) is 6.31. The molecule has 2 atom stereocenters. The van der Waals surface area contributed by atoms with Crippen molar-refractivity contribution in [2.75, 3.05) is 33.4 Å². The van der Waals surface area contributed by atoms with Crippen molar-refractivity contribution in [3.05, 3.63) is 0 Å². The Hall–Kier alpha value is -0.120. The van der Waals surface area contributed by atoms with Gasteiger partial charge in [-0.15, -0.1) is 0 Å². The Morgan fingerprint density at radius 1 is 1.40 bits per heavy atom. The van der Waals surface area contributed by atoms with Crippen LogP contribution in [-0.4, -0.2) is 50.3 Å². The van der Waals surface area contributed by atoms with Gasteiger partial charge in [-0.2, -0.15) is 0 Å². The minimum atomic E-state index is 0.692. The molecule has 0 spiro atoms. The van der Waals surface area contributed by atoms with Gasteiger partial charge >= 0.3 is 0 Å². The molecule has 0 aromatic carbocycles. The van der Waals surface area contributed by atoms with Crippen LogP contribution < -0.4 is 5.32 Å². The molecule has 0 aromatic rings. The average molecular weight is 212 g/mol. The molecule has 2 fully saturated rings. The van der Waals surface area contributed by atoms with E-state index in [0.29, 0.717) is 6.04 Å². The molecule has 0 amide bonds. The van der Waals surface area contributed by atoms with Crippen molar-refractivity contribution in [2.24, 2.45) is 5.92 Å². The lowest BCUT2D eigenvalue weighted by molar-refractivity contribution is 0.0761. The number of nitrogens with zero attached hydrogens (tertiary/aromatic N) is 1. The Labute approximate surface area is 93.2 Å². The zero-order valence-corrected chi connectivity index (χ0v) is 10.0. The van der Waals surface area contributed by atoms with Crippen molar-refractivity contribution < 1.29 is 4.74 Å². The molecule has 1 saturated carbocycles. The minimum Gasteiger partial charge on any atom is -0.383 e. The van der Waals surface area contributed by atoms with Crippen LogP contribution in [0.25, 0.3) is 0 Å². The van der Waals surface area contributed by atoms with Gasteiger partial charge in [0.25, 0.3) is 0 Å². The van der Waals surface area contributed by atoms with Gasteiger partial charge in [-0.1, -0.05) is 6.92 Å². The van der Waals surface area contributed by atoms with E-state index in [4.69, 9.17) is 4.74 Å². The summed E-state index contributed by atoms with van der Waals surface area (Å²) in [5.74, 6) is 0.965. The molecular weight excluding hydrogens is 188 g/mol. The molecule has 2 rings (SSSR count). The molecule has 2 aliphatic rings. The SMILES string of the molecule is CCC1CN(CCOC)C(C2CC2)CN1. The summed E-state index contributed by atoms with van der Waals surface area (Å²) in [4.78, 5) is 2.64. The Balaban J connectivity index is 1.86. The van der Waals surface area contributed by atoms with Gasteiger partial charge in [-0.25, -0.2) is 0 Å². The number of methoxy groups -OCH3 is 1. The van der Waals surface area contributed by atoms with Crippen LogP contribution in [0.4, 0.5) is 0 Å². The standard InChI is InChI=1S/C12H24N2O/c1-3-11-9-14(6-7-15-2)12(8-13-11)10-4-5-10/h10-13H,3-9H2,1-2H3. The zero-order chi connectivity index (χ0) is 10.7. The molecule has 1 aliphatic carbocycles. The van der Waals surface area contributed by atoms with Crippen LogP contribution in [0.3, 0.4) is 0 Å². The van der Waals surface area contributed by atoms with Crippen LogP contribution >= 0.6 is 0 Å². The van der Waals surface area contributed by atoms with Gasteiger partial charge in [0.1, 0.15) is 0 Å². The summed E-state index contributed by atoms with van der Waals surface area (Å²) in [5, 5.41) is 3.66. The van der Waals surface area contributed by atoms with Gasteiger partial charge in [-0.05, 0) is 25.2 Å². The summed E-state index contributed by atoms with van der Waals surface area (Å²) < 4.78 is 5.20. The smallest absolute Gasteiger partial charge is 0.0589 e. The van der Waals surface area contributed by atoms with E-state index in [9.17, 15) is 0 Å². The second-order valence-corrected chi connectivity index (χ2v) is 4.91. The zero-order valence-electron chi connectivity index (χ0n) is 10.0. The van der Waals surface area contributed by atoms with E-state index in [-0.39, 0.29) is 0 Å². The van der Waals surface area contributed by atoms with E-state index in [1.165, 1.54) is 32.4 Å². The third-order valence-electron chi connectivity index (χ3n) is 3.78. The van der Waals surface area contributed by atoms with Gasteiger partial charge in [0, 0.05) is 38.8 Å². The van der Waals surface area contributed by atoms with Crippen LogP contribution in [-0.2, 0) is 4.74 Å². The first-order valence-corrected chi connectivity index (χ1v) is 6.31. The highest BCUT2D eigenvalue weighted by Gasteiger charge is 2.37. The van der Waals surface area contributed by atoms with Crippen LogP contribution in [0.15, 0.2) is 0 Å². The van der Waals surface area contributed by atoms with E-state index < -0.39 is 0 Å². The highest BCUT2D eigenvalue weighted by atomic mass is 16.5. The van der Waals surface area contributed by atoms with Crippen LogP contribution in [0.2, 0.25) is 0 Å². The maximum absolute atomic E-state index is 5.20. The van der Waals surface area contributed by atoms with Crippen molar-refractivity contribution in [3.63, 3.8) is 0 Å². The topological polar surface area (TPSA) is 24.5 Å². The van der Waals surface area contributed by atoms with Crippen LogP contribution in [0.5, 0.6) is 0 Å². The van der Waals surface area contributed by atoms with Gasteiger partial charge in [0.15, 0.2) is 0 Å². The summed E-state index contributed by atoms with van der Waals surface area (Å²) in [6, 6.07) is 1.47. The first kappa shape index (κ1) is 11.4. The van der Waals surface area contributed by atoms with E-state index >= 15 is 0 Å². The lowest BCUT2D eigenvalue weighted by atomic mass is 10.0. The van der Waals surface area contributed by atoms with Crippen LogP contribution in [0.1, 0.15) is 26.2 Å². The average Bonchev–Trinajstić information content (AvgIpc) is 3.09. The number of hydrogen-bond donors (Lipinski definition) is 1. The highest BCUT2D eigenvalue weighted by molar-refractivity contribution is 4.94. The molecule has 3 heteroatoms. The largest absolute Gasteiger partial charge is 0.383 e. The molecule has 15 heavy (non-hydrogen) atoms. The summed E-state index contributed by atoms with van der Waals surface area (Å²) in [5.41, 5.74) is 0. The molecule has 1 saturated heterocycles. The lowest BCUT2D eigenvalue weighted by Crippen LogP contribution is -2.57. The van der Waals surface area contributed by atoms with Gasteiger partial charge in [0.2, 0.25) is 0 Å². The number of piperazine rings is 1. The van der Waals surface area contributed by atoms with E-state index in [1.807, 2.05) is 0 Å². The molecular formula is C12H24N2O. The van der Waals surface area contributed by atoms with E-state index in [1.54, 1.807) is 7.11 Å². The number of hydrogen-bond acceptors (Lipinski definition) is 3. The molecule has 0 aromatic heterocycles. The quantitative estimate of drug-likeness (QED) is 0.738. The molecule has 0 radical (unpaired) electrons. The predicted octanol–water partition coefficient (Wildman–Crippen LogP) is 1.10. The van der Waals surface area contributed by atoms with Gasteiger partial charge < -0.3 is 10.1 Å². The minimum absolute atomic E-state index is 0.692. The fourth-order valence-corrected chi connectivity index (χ4v) is 2.58. The molecule has 0 bridgehead atoms. The fourth-order valence-electron chi connectivity index (χ4n) is 2.58. The Kier molecular flexibility index (Phi) is 4.00. The Morgan fingerprint density at radius 2 is 2.20 bits per heavy atom.